The quantitative estimate of drug-likeness (QED) is 0.674. The summed E-state index contributed by atoms with van der Waals surface area (Å²) in [4.78, 5) is 24.7. The van der Waals surface area contributed by atoms with E-state index in [1.165, 1.54) is 30.3 Å². The third kappa shape index (κ3) is 5.00. The number of halogens is 4. The first-order valence-electron chi connectivity index (χ1n) is 6.98. The minimum absolute atomic E-state index is 0.0410. The van der Waals surface area contributed by atoms with Gasteiger partial charge in [0, 0.05) is 16.6 Å². The van der Waals surface area contributed by atoms with Crippen molar-refractivity contribution >= 4 is 63.9 Å². The molecule has 25 heavy (non-hydrogen) atoms. The molecule has 5 nitrogen and oxygen atoms in total. The molecule has 2 aromatic rings. The van der Waals surface area contributed by atoms with Crippen LogP contribution in [0.5, 0.6) is 0 Å². The summed E-state index contributed by atoms with van der Waals surface area (Å²) >= 11 is 23.9. The van der Waals surface area contributed by atoms with Crippen molar-refractivity contribution in [3.63, 3.8) is 0 Å². The summed E-state index contributed by atoms with van der Waals surface area (Å²) in [7, 11) is 0. The van der Waals surface area contributed by atoms with Crippen LogP contribution in [0, 0.1) is 0 Å². The van der Waals surface area contributed by atoms with Crippen LogP contribution >= 0.6 is 46.4 Å². The van der Waals surface area contributed by atoms with E-state index in [0.717, 1.165) is 0 Å². The van der Waals surface area contributed by atoms with Crippen molar-refractivity contribution in [3.8, 4) is 0 Å². The molecule has 0 unspecified atom stereocenters. The van der Waals surface area contributed by atoms with Gasteiger partial charge in [0.05, 0.1) is 33.5 Å². The Kier molecular flexibility index (Phi) is 6.93. The molecule has 0 radical (unpaired) electrons. The monoisotopic (exact) mass is 420 g/mol. The van der Waals surface area contributed by atoms with Crippen LogP contribution < -0.4 is 10.6 Å². The maximum Gasteiger partial charge on any atom is 0.257 e. The topological polar surface area (TPSA) is 78.4 Å². The van der Waals surface area contributed by atoms with E-state index in [-0.39, 0.29) is 45.0 Å². The Bertz CT molecular complexity index is 827. The lowest BCUT2D eigenvalue weighted by molar-refractivity contribution is 0.0945. The minimum Gasteiger partial charge on any atom is -0.395 e. The summed E-state index contributed by atoms with van der Waals surface area (Å²) in [5.41, 5.74) is 0.306. The van der Waals surface area contributed by atoms with Crippen LogP contribution in [0.3, 0.4) is 0 Å². The lowest BCUT2D eigenvalue weighted by atomic mass is 10.1. The van der Waals surface area contributed by atoms with Crippen LogP contribution in [0.1, 0.15) is 20.7 Å². The molecule has 0 fully saturated rings. The molecule has 0 saturated heterocycles. The van der Waals surface area contributed by atoms with Gasteiger partial charge in [0.25, 0.3) is 11.8 Å². The van der Waals surface area contributed by atoms with Crippen molar-refractivity contribution in [2.75, 3.05) is 18.5 Å². The van der Waals surface area contributed by atoms with E-state index in [1.54, 1.807) is 0 Å². The number of aliphatic hydroxyl groups excluding tert-OH is 1. The lowest BCUT2D eigenvalue weighted by Crippen LogP contribution is -2.28. The first-order chi connectivity index (χ1) is 11.8. The van der Waals surface area contributed by atoms with Gasteiger partial charge in [-0.15, -0.1) is 0 Å². The maximum atomic E-state index is 12.5. The summed E-state index contributed by atoms with van der Waals surface area (Å²) in [6, 6.07) is 7.15. The zero-order chi connectivity index (χ0) is 18.6. The number of carbonyl (C=O) groups is 2. The van der Waals surface area contributed by atoms with Gasteiger partial charge in [0.15, 0.2) is 0 Å². The second kappa shape index (κ2) is 8.74. The van der Waals surface area contributed by atoms with Crippen LogP contribution in [0.15, 0.2) is 30.3 Å². The minimum atomic E-state index is -0.568. The molecule has 2 amide bonds. The van der Waals surface area contributed by atoms with E-state index in [4.69, 9.17) is 51.5 Å². The number of rotatable bonds is 5. The Morgan fingerprint density at radius 1 is 0.880 bits per heavy atom. The number of nitrogens with one attached hydrogen (secondary N) is 2. The second-order valence-corrected chi connectivity index (χ2v) is 6.56. The fourth-order valence-corrected chi connectivity index (χ4v) is 3.03. The molecule has 132 valence electrons. The Morgan fingerprint density at radius 3 is 2.20 bits per heavy atom. The van der Waals surface area contributed by atoms with Crippen molar-refractivity contribution in [3.05, 3.63) is 61.5 Å². The molecule has 0 saturated carbocycles. The fraction of sp³-hybridized carbons (Fsp3) is 0.125. The highest BCUT2D eigenvalue weighted by Gasteiger charge is 2.19. The molecule has 0 aromatic heterocycles. The molecule has 0 aliphatic carbocycles. The van der Waals surface area contributed by atoms with Crippen molar-refractivity contribution in [1.29, 1.82) is 0 Å². The van der Waals surface area contributed by atoms with Gasteiger partial charge in [-0.2, -0.15) is 0 Å². The fourth-order valence-electron chi connectivity index (χ4n) is 2.00. The number of hydrogen-bond acceptors (Lipinski definition) is 3. The normalized spacial score (nSPS) is 10.4. The third-order valence-corrected chi connectivity index (χ3v) is 4.18. The maximum absolute atomic E-state index is 12.5. The largest absolute Gasteiger partial charge is 0.395 e. The van der Waals surface area contributed by atoms with Gasteiger partial charge in [-0.3, -0.25) is 9.59 Å². The van der Waals surface area contributed by atoms with Gasteiger partial charge in [-0.1, -0.05) is 46.4 Å². The van der Waals surface area contributed by atoms with Gasteiger partial charge < -0.3 is 15.7 Å². The Morgan fingerprint density at radius 2 is 1.56 bits per heavy atom. The highest BCUT2D eigenvalue weighted by molar-refractivity contribution is 6.39. The van der Waals surface area contributed by atoms with Crippen molar-refractivity contribution < 1.29 is 14.7 Å². The molecule has 3 N–H and O–H groups in total. The lowest BCUT2D eigenvalue weighted by Gasteiger charge is -2.14. The Balaban J connectivity index is 2.37. The molecule has 0 bridgehead atoms. The number of carbonyl (C=O) groups excluding carboxylic acids is 2. The highest BCUT2D eigenvalue weighted by Crippen LogP contribution is 2.31. The molecule has 2 aromatic carbocycles. The second-order valence-electron chi connectivity index (χ2n) is 4.87. The van der Waals surface area contributed by atoms with Gasteiger partial charge in [-0.05, 0) is 30.3 Å². The molecule has 0 atom stereocenters. The molecule has 0 spiro atoms. The molecule has 2 rings (SSSR count). The van der Waals surface area contributed by atoms with E-state index in [0.29, 0.717) is 5.02 Å². The summed E-state index contributed by atoms with van der Waals surface area (Å²) < 4.78 is 0. The third-order valence-electron chi connectivity index (χ3n) is 3.11. The average Bonchev–Trinajstić information content (AvgIpc) is 2.54. The molecule has 0 heterocycles. The van der Waals surface area contributed by atoms with E-state index < -0.39 is 11.8 Å². The van der Waals surface area contributed by atoms with E-state index in [2.05, 4.69) is 10.6 Å². The highest BCUT2D eigenvalue weighted by atomic mass is 35.5. The number of hydrogen-bond donors (Lipinski definition) is 3. The zero-order valence-corrected chi connectivity index (χ0v) is 15.6. The Hall–Kier alpha value is -1.50. The molecule has 9 heteroatoms. The van der Waals surface area contributed by atoms with E-state index >= 15 is 0 Å². The van der Waals surface area contributed by atoms with E-state index in [1.807, 2.05) is 0 Å². The smallest absolute Gasteiger partial charge is 0.257 e. The molecular weight excluding hydrogens is 410 g/mol. The van der Waals surface area contributed by atoms with Gasteiger partial charge in [0.2, 0.25) is 0 Å². The first kappa shape index (κ1) is 19.8. The van der Waals surface area contributed by atoms with Crippen LogP contribution in [0.2, 0.25) is 20.1 Å². The molecular formula is C16H12Cl4N2O3. The van der Waals surface area contributed by atoms with Gasteiger partial charge in [0.1, 0.15) is 0 Å². The summed E-state index contributed by atoms with van der Waals surface area (Å²) in [5.74, 6) is -1.11. The number of benzene rings is 2. The summed E-state index contributed by atoms with van der Waals surface area (Å²) in [6.45, 7) is -0.193. The predicted octanol–water partition coefficient (Wildman–Crippen LogP) is 4.27. The van der Waals surface area contributed by atoms with Crippen LogP contribution in [0.25, 0.3) is 0 Å². The average molecular weight is 422 g/mol. The van der Waals surface area contributed by atoms with E-state index in [9.17, 15) is 9.59 Å². The zero-order valence-electron chi connectivity index (χ0n) is 12.6. The van der Waals surface area contributed by atoms with Crippen LogP contribution in [-0.2, 0) is 0 Å². The van der Waals surface area contributed by atoms with Crippen molar-refractivity contribution in [1.82, 2.24) is 5.32 Å². The molecule has 0 aliphatic rings. The van der Waals surface area contributed by atoms with Crippen LogP contribution in [-0.4, -0.2) is 30.1 Å². The summed E-state index contributed by atoms with van der Waals surface area (Å²) in [5, 5.41) is 14.7. The Labute approximate surface area is 163 Å². The SMILES string of the molecule is O=C(Nc1c(Cl)cc(Cl)cc1C(=O)NCCO)c1ccc(Cl)cc1Cl. The number of amides is 2. The number of anilines is 1. The summed E-state index contributed by atoms with van der Waals surface area (Å²) in [6.07, 6.45) is 0. The number of aliphatic hydroxyl groups is 1. The molecule has 0 aliphatic heterocycles. The first-order valence-corrected chi connectivity index (χ1v) is 8.49. The van der Waals surface area contributed by atoms with Gasteiger partial charge in [-0.25, -0.2) is 0 Å². The van der Waals surface area contributed by atoms with Crippen LogP contribution in [0.4, 0.5) is 5.69 Å². The standard InChI is InChI=1S/C16H12Cl4N2O3/c17-8-1-2-10(12(19)6-8)16(25)22-14-11(15(24)21-3-4-23)5-9(18)7-13(14)20/h1-2,5-7,23H,3-4H2,(H,21,24)(H,22,25). The van der Waals surface area contributed by atoms with Crippen molar-refractivity contribution in [2.45, 2.75) is 0 Å². The van der Waals surface area contributed by atoms with Gasteiger partial charge >= 0.3 is 0 Å². The van der Waals surface area contributed by atoms with Crippen molar-refractivity contribution in [2.24, 2.45) is 0 Å². The predicted molar refractivity (Wildman–Crippen MR) is 100 cm³/mol.